The van der Waals surface area contributed by atoms with Crippen molar-refractivity contribution in [1.29, 1.82) is 0 Å². The van der Waals surface area contributed by atoms with E-state index in [1.165, 1.54) is 11.3 Å². The monoisotopic (exact) mass is 202 g/mol. The zero-order valence-corrected chi connectivity index (χ0v) is 8.77. The summed E-state index contributed by atoms with van der Waals surface area (Å²) in [5.74, 6) is 0.379. The van der Waals surface area contributed by atoms with Crippen LogP contribution in [-0.4, -0.2) is 11.5 Å². The van der Waals surface area contributed by atoms with Gasteiger partial charge in [0.15, 0.2) is 0 Å². The maximum Gasteiger partial charge on any atom is 0.144 e. The Morgan fingerprint density at radius 2 is 2.31 bits per heavy atom. The highest BCUT2D eigenvalue weighted by Crippen LogP contribution is 2.26. The van der Waals surface area contributed by atoms with Crippen molar-refractivity contribution < 1.29 is 4.39 Å². The van der Waals surface area contributed by atoms with E-state index in [1.807, 2.05) is 0 Å². The van der Waals surface area contributed by atoms with E-state index < -0.39 is 6.17 Å². The van der Waals surface area contributed by atoms with Crippen LogP contribution in [0.3, 0.4) is 0 Å². The molecule has 1 rings (SSSR count). The van der Waals surface area contributed by atoms with Crippen molar-refractivity contribution in [2.45, 2.75) is 32.4 Å². The van der Waals surface area contributed by atoms with Crippen molar-refractivity contribution in [3.05, 3.63) is 16.1 Å². The number of halogens is 1. The van der Waals surface area contributed by atoms with Gasteiger partial charge in [-0.25, -0.2) is 9.37 Å². The van der Waals surface area contributed by atoms with Crippen LogP contribution >= 0.6 is 11.3 Å². The minimum absolute atomic E-state index is 0.362. The number of aromatic nitrogens is 1. The summed E-state index contributed by atoms with van der Waals surface area (Å²) in [4.78, 5) is 4.22. The van der Waals surface area contributed by atoms with Gasteiger partial charge in [0, 0.05) is 11.3 Å². The number of nitrogens with two attached hydrogens (primary N) is 1. The van der Waals surface area contributed by atoms with Gasteiger partial charge in [0.1, 0.15) is 6.17 Å². The molecule has 1 atom stereocenters. The molecule has 0 aromatic carbocycles. The van der Waals surface area contributed by atoms with Crippen LogP contribution in [0.4, 0.5) is 4.39 Å². The average Bonchev–Trinajstić information content (AvgIpc) is 2.52. The standard InChI is InChI=1S/C9H15FN2S/c1-6(2)9-12-8(5-13-9)7(10)3-4-11/h5-7H,3-4,11H2,1-2H3. The molecule has 13 heavy (non-hydrogen) atoms. The first-order valence-electron chi connectivity index (χ1n) is 4.44. The summed E-state index contributed by atoms with van der Waals surface area (Å²) < 4.78 is 13.3. The molecule has 2 N–H and O–H groups in total. The van der Waals surface area contributed by atoms with Crippen LogP contribution in [0.1, 0.15) is 43.1 Å². The molecule has 0 saturated heterocycles. The average molecular weight is 202 g/mol. The van der Waals surface area contributed by atoms with Crippen molar-refractivity contribution in [3.8, 4) is 0 Å². The summed E-state index contributed by atoms with van der Waals surface area (Å²) in [5.41, 5.74) is 5.81. The van der Waals surface area contributed by atoms with Crippen LogP contribution < -0.4 is 5.73 Å². The van der Waals surface area contributed by atoms with Gasteiger partial charge in [-0.3, -0.25) is 0 Å². The van der Waals surface area contributed by atoms with Crippen molar-refractivity contribution in [2.75, 3.05) is 6.54 Å². The molecule has 1 aromatic heterocycles. The Bertz CT molecular complexity index is 260. The Labute approximate surface area is 82.0 Å². The van der Waals surface area contributed by atoms with Crippen molar-refractivity contribution in [3.63, 3.8) is 0 Å². The Kier molecular flexibility index (Phi) is 3.81. The first-order valence-corrected chi connectivity index (χ1v) is 5.32. The van der Waals surface area contributed by atoms with Gasteiger partial charge in [0.05, 0.1) is 10.7 Å². The summed E-state index contributed by atoms with van der Waals surface area (Å²) in [7, 11) is 0. The highest BCUT2D eigenvalue weighted by molar-refractivity contribution is 7.09. The second-order valence-electron chi connectivity index (χ2n) is 3.31. The van der Waals surface area contributed by atoms with Gasteiger partial charge in [-0.15, -0.1) is 11.3 Å². The van der Waals surface area contributed by atoms with Gasteiger partial charge >= 0.3 is 0 Å². The molecule has 0 saturated carbocycles. The quantitative estimate of drug-likeness (QED) is 0.815. The predicted octanol–water partition coefficient (Wildman–Crippen LogP) is 2.63. The number of rotatable bonds is 4. The lowest BCUT2D eigenvalue weighted by atomic mass is 10.2. The second kappa shape index (κ2) is 4.67. The lowest BCUT2D eigenvalue weighted by Gasteiger charge is -2.02. The third-order valence-electron chi connectivity index (χ3n) is 1.77. The van der Waals surface area contributed by atoms with E-state index in [9.17, 15) is 4.39 Å². The van der Waals surface area contributed by atoms with Gasteiger partial charge in [-0.2, -0.15) is 0 Å². The van der Waals surface area contributed by atoms with E-state index in [-0.39, 0.29) is 0 Å². The van der Waals surface area contributed by atoms with Gasteiger partial charge in [-0.1, -0.05) is 13.8 Å². The highest BCUT2D eigenvalue weighted by Gasteiger charge is 2.13. The Morgan fingerprint density at radius 1 is 1.62 bits per heavy atom. The highest BCUT2D eigenvalue weighted by atomic mass is 32.1. The van der Waals surface area contributed by atoms with Crippen molar-refractivity contribution in [1.82, 2.24) is 4.98 Å². The summed E-state index contributed by atoms with van der Waals surface area (Å²) >= 11 is 1.52. The maximum atomic E-state index is 13.3. The number of hydrogen-bond acceptors (Lipinski definition) is 3. The Hall–Kier alpha value is -0.480. The smallest absolute Gasteiger partial charge is 0.144 e. The SMILES string of the molecule is CC(C)c1nc(C(F)CCN)cs1. The van der Waals surface area contributed by atoms with E-state index >= 15 is 0 Å². The van der Waals surface area contributed by atoms with Crippen LogP contribution in [0, 0.1) is 0 Å². The summed E-state index contributed by atoms with van der Waals surface area (Å²) in [6.45, 7) is 4.48. The number of nitrogens with zero attached hydrogens (tertiary/aromatic N) is 1. The van der Waals surface area contributed by atoms with Crippen LogP contribution in [-0.2, 0) is 0 Å². The zero-order chi connectivity index (χ0) is 9.84. The molecular weight excluding hydrogens is 187 g/mol. The largest absolute Gasteiger partial charge is 0.330 e. The molecule has 1 aromatic rings. The molecule has 1 heterocycles. The maximum absolute atomic E-state index is 13.3. The molecule has 0 aliphatic carbocycles. The fourth-order valence-electron chi connectivity index (χ4n) is 1.00. The normalized spacial score (nSPS) is 13.6. The number of hydrogen-bond donors (Lipinski definition) is 1. The molecule has 0 bridgehead atoms. The Balaban J connectivity index is 2.67. The molecule has 1 unspecified atom stereocenters. The molecule has 0 radical (unpaired) electrons. The first kappa shape index (κ1) is 10.6. The molecule has 0 amide bonds. The molecule has 0 fully saturated rings. The molecule has 74 valence electrons. The molecule has 2 nitrogen and oxygen atoms in total. The minimum Gasteiger partial charge on any atom is -0.330 e. The molecule has 0 spiro atoms. The molecule has 0 aliphatic heterocycles. The fourth-order valence-corrected chi connectivity index (χ4v) is 1.88. The lowest BCUT2D eigenvalue weighted by molar-refractivity contribution is 0.321. The van der Waals surface area contributed by atoms with Crippen LogP contribution in [0.25, 0.3) is 0 Å². The summed E-state index contributed by atoms with van der Waals surface area (Å²) in [6, 6.07) is 0. The van der Waals surface area contributed by atoms with Gasteiger partial charge in [0.2, 0.25) is 0 Å². The minimum atomic E-state index is -0.992. The Morgan fingerprint density at radius 3 is 2.77 bits per heavy atom. The summed E-state index contributed by atoms with van der Waals surface area (Å²) in [6.07, 6.45) is -0.630. The van der Waals surface area contributed by atoms with E-state index in [0.29, 0.717) is 24.6 Å². The number of alkyl halides is 1. The van der Waals surface area contributed by atoms with Crippen molar-refractivity contribution >= 4 is 11.3 Å². The third kappa shape index (κ3) is 2.74. The predicted molar refractivity (Wildman–Crippen MR) is 53.7 cm³/mol. The van der Waals surface area contributed by atoms with E-state index in [4.69, 9.17) is 5.73 Å². The van der Waals surface area contributed by atoms with Crippen LogP contribution in [0.5, 0.6) is 0 Å². The molecule has 0 aliphatic rings. The van der Waals surface area contributed by atoms with Gasteiger partial charge in [0.25, 0.3) is 0 Å². The number of thiazole rings is 1. The second-order valence-corrected chi connectivity index (χ2v) is 4.20. The van der Waals surface area contributed by atoms with Crippen molar-refractivity contribution in [2.24, 2.45) is 5.73 Å². The summed E-state index contributed by atoms with van der Waals surface area (Å²) in [5, 5.41) is 2.78. The topological polar surface area (TPSA) is 38.9 Å². The first-order chi connectivity index (χ1) is 6.15. The van der Waals surface area contributed by atoms with Crippen LogP contribution in [0.2, 0.25) is 0 Å². The van der Waals surface area contributed by atoms with E-state index in [2.05, 4.69) is 18.8 Å². The van der Waals surface area contributed by atoms with Gasteiger partial charge in [-0.05, 0) is 13.0 Å². The lowest BCUT2D eigenvalue weighted by Crippen LogP contribution is -2.04. The van der Waals surface area contributed by atoms with E-state index in [0.717, 1.165) is 5.01 Å². The van der Waals surface area contributed by atoms with Crippen LogP contribution in [0.15, 0.2) is 5.38 Å². The molecule has 4 heteroatoms. The van der Waals surface area contributed by atoms with E-state index in [1.54, 1.807) is 5.38 Å². The zero-order valence-electron chi connectivity index (χ0n) is 7.96. The van der Waals surface area contributed by atoms with Gasteiger partial charge < -0.3 is 5.73 Å². The fraction of sp³-hybridized carbons (Fsp3) is 0.667. The third-order valence-corrected chi connectivity index (χ3v) is 2.94. The molecular formula is C9H15FN2S.